The monoisotopic (exact) mass is 307 g/mol. The van der Waals surface area contributed by atoms with Gasteiger partial charge >= 0.3 is 0 Å². The summed E-state index contributed by atoms with van der Waals surface area (Å²) in [6.07, 6.45) is 3.38. The molecule has 0 aromatic carbocycles. The van der Waals surface area contributed by atoms with Crippen LogP contribution in [0.2, 0.25) is 0 Å². The number of amides is 1. The van der Waals surface area contributed by atoms with E-state index in [1.165, 1.54) is 0 Å². The summed E-state index contributed by atoms with van der Waals surface area (Å²) in [6.45, 7) is 4.53. The molecule has 4 rings (SSSR count). The lowest BCUT2D eigenvalue weighted by atomic mass is 10.0. The molecular formula is C14H17N3O3S. The SMILES string of the molecule is Cc1nc2sccn2c1C(=O)N1CCC2(CC1)OCCO2. The second-order valence-corrected chi connectivity index (χ2v) is 6.37. The first kappa shape index (κ1) is 13.2. The van der Waals surface area contributed by atoms with E-state index >= 15 is 0 Å². The number of thiazole rings is 1. The maximum Gasteiger partial charge on any atom is 0.272 e. The van der Waals surface area contributed by atoms with Crippen molar-refractivity contribution in [1.29, 1.82) is 0 Å². The summed E-state index contributed by atoms with van der Waals surface area (Å²) in [4.78, 5) is 20.0. The fraction of sp³-hybridized carbons (Fsp3) is 0.571. The van der Waals surface area contributed by atoms with Crippen molar-refractivity contribution < 1.29 is 14.3 Å². The highest BCUT2D eigenvalue weighted by atomic mass is 32.1. The van der Waals surface area contributed by atoms with E-state index in [1.807, 2.05) is 27.8 Å². The Balaban J connectivity index is 1.56. The number of carbonyl (C=O) groups is 1. The first-order chi connectivity index (χ1) is 10.2. The number of hydrogen-bond acceptors (Lipinski definition) is 5. The van der Waals surface area contributed by atoms with Crippen molar-refractivity contribution in [2.24, 2.45) is 0 Å². The van der Waals surface area contributed by atoms with Crippen LogP contribution in [0.4, 0.5) is 0 Å². The summed E-state index contributed by atoms with van der Waals surface area (Å²) in [5, 5.41) is 1.95. The van der Waals surface area contributed by atoms with Crippen LogP contribution in [-0.4, -0.2) is 52.3 Å². The minimum Gasteiger partial charge on any atom is -0.347 e. The minimum absolute atomic E-state index is 0.0475. The van der Waals surface area contributed by atoms with Crippen LogP contribution in [0.15, 0.2) is 11.6 Å². The van der Waals surface area contributed by atoms with Gasteiger partial charge in [0.05, 0.1) is 18.9 Å². The van der Waals surface area contributed by atoms with Crippen LogP contribution in [0.5, 0.6) is 0 Å². The Morgan fingerprint density at radius 3 is 2.76 bits per heavy atom. The third-order valence-corrected chi connectivity index (χ3v) is 5.02. The Bertz CT molecular complexity index is 677. The summed E-state index contributed by atoms with van der Waals surface area (Å²) in [5.74, 6) is -0.396. The molecule has 6 nitrogen and oxygen atoms in total. The van der Waals surface area contributed by atoms with E-state index in [4.69, 9.17) is 9.47 Å². The molecule has 0 radical (unpaired) electrons. The second kappa shape index (κ2) is 4.79. The molecule has 2 saturated heterocycles. The number of aryl methyl sites for hydroxylation is 1. The van der Waals surface area contributed by atoms with Gasteiger partial charge in [0.1, 0.15) is 5.69 Å². The number of hydrogen-bond donors (Lipinski definition) is 0. The normalized spacial score (nSPS) is 21.5. The van der Waals surface area contributed by atoms with E-state index in [0.717, 1.165) is 23.5 Å². The molecule has 112 valence electrons. The molecular weight excluding hydrogens is 290 g/mol. The molecule has 4 heterocycles. The number of likely N-dealkylation sites (tertiary alicyclic amines) is 1. The highest BCUT2D eigenvalue weighted by Gasteiger charge is 2.41. The first-order valence-corrected chi connectivity index (χ1v) is 8.06. The molecule has 0 aliphatic carbocycles. The molecule has 1 spiro atoms. The highest BCUT2D eigenvalue weighted by molar-refractivity contribution is 7.15. The summed E-state index contributed by atoms with van der Waals surface area (Å²) in [7, 11) is 0. The summed E-state index contributed by atoms with van der Waals surface area (Å²) in [6, 6.07) is 0. The first-order valence-electron chi connectivity index (χ1n) is 7.18. The van der Waals surface area contributed by atoms with Crippen LogP contribution in [0.3, 0.4) is 0 Å². The van der Waals surface area contributed by atoms with Crippen LogP contribution in [0.25, 0.3) is 4.96 Å². The van der Waals surface area contributed by atoms with Crippen molar-refractivity contribution >= 4 is 22.2 Å². The Kier molecular flexibility index (Phi) is 3.02. The molecule has 0 N–H and O–H groups in total. The Hall–Kier alpha value is -1.44. The lowest BCUT2D eigenvalue weighted by molar-refractivity contribution is -0.181. The van der Waals surface area contributed by atoms with Gasteiger partial charge in [-0.15, -0.1) is 11.3 Å². The molecule has 0 bridgehead atoms. The van der Waals surface area contributed by atoms with Gasteiger partial charge in [-0.05, 0) is 6.92 Å². The van der Waals surface area contributed by atoms with Gasteiger partial charge in [-0.2, -0.15) is 0 Å². The average molecular weight is 307 g/mol. The van der Waals surface area contributed by atoms with Crippen molar-refractivity contribution in [3.63, 3.8) is 0 Å². The number of piperidine rings is 1. The van der Waals surface area contributed by atoms with E-state index in [2.05, 4.69) is 4.98 Å². The zero-order chi connectivity index (χ0) is 14.4. The highest BCUT2D eigenvalue weighted by Crippen LogP contribution is 2.32. The zero-order valence-electron chi connectivity index (χ0n) is 11.9. The maximum atomic E-state index is 12.8. The van der Waals surface area contributed by atoms with Gasteiger partial charge in [0.15, 0.2) is 10.7 Å². The number of nitrogens with zero attached hydrogens (tertiary/aromatic N) is 3. The molecule has 2 aromatic heterocycles. The summed E-state index contributed by atoms with van der Waals surface area (Å²) >= 11 is 1.54. The summed E-state index contributed by atoms with van der Waals surface area (Å²) < 4.78 is 13.3. The van der Waals surface area contributed by atoms with Crippen molar-refractivity contribution in [2.75, 3.05) is 26.3 Å². The molecule has 1 amide bonds. The Morgan fingerprint density at radius 1 is 1.33 bits per heavy atom. The van der Waals surface area contributed by atoms with E-state index < -0.39 is 5.79 Å². The maximum absolute atomic E-state index is 12.8. The third-order valence-electron chi connectivity index (χ3n) is 4.27. The van der Waals surface area contributed by atoms with Crippen molar-refractivity contribution in [3.05, 3.63) is 23.0 Å². The van der Waals surface area contributed by atoms with E-state index in [0.29, 0.717) is 32.0 Å². The number of ether oxygens (including phenoxy) is 2. The number of carbonyl (C=O) groups excluding carboxylic acids is 1. The second-order valence-electron chi connectivity index (χ2n) is 5.50. The smallest absolute Gasteiger partial charge is 0.272 e. The third kappa shape index (κ3) is 2.07. The number of aromatic nitrogens is 2. The Labute approximate surface area is 126 Å². The molecule has 2 aliphatic rings. The number of imidazole rings is 1. The van der Waals surface area contributed by atoms with Gasteiger partial charge in [-0.25, -0.2) is 4.98 Å². The predicted molar refractivity (Wildman–Crippen MR) is 77.6 cm³/mol. The number of fused-ring (bicyclic) bond motifs is 1. The predicted octanol–water partition coefficient (Wildman–Crippen LogP) is 1.68. The van der Waals surface area contributed by atoms with Gasteiger partial charge in [0.2, 0.25) is 0 Å². The van der Waals surface area contributed by atoms with Gasteiger partial charge < -0.3 is 14.4 Å². The molecule has 0 saturated carbocycles. The fourth-order valence-corrected chi connectivity index (χ4v) is 3.90. The van der Waals surface area contributed by atoms with Crippen LogP contribution in [0.1, 0.15) is 29.0 Å². The molecule has 7 heteroatoms. The molecule has 2 aliphatic heterocycles. The molecule has 2 fully saturated rings. The lowest BCUT2D eigenvalue weighted by Gasteiger charge is -2.37. The minimum atomic E-state index is -0.444. The Morgan fingerprint density at radius 2 is 2.05 bits per heavy atom. The van der Waals surface area contributed by atoms with Crippen molar-refractivity contribution in [3.8, 4) is 0 Å². The van der Waals surface area contributed by atoms with Crippen LogP contribution in [-0.2, 0) is 9.47 Å². The number of rotatable bonds is 1. The van der Waals surface area contributed by atoms with Gasteiger partial charge in [0.25, 0.3) is 5.91 Å². The molecule has 2 aromatic rings. The summed E-state index contributed by atoms with van der Waals surface area (Å²) in [5.41, 5.74) is 1.47. The van der Waals surface area contributed by atoms with Crippen molar-refractivity contribution in [1.82, 2.24) is 14.3 Å². The van der Waals surface area contributed by atoms with E-state index in [-0.39, 0.29) is 5.91 Å². The fourth-order valence-electron chi connectivity index (χ4n) is 3.14. The van der Waals surface area contributed by atoms with E-state index in [1.54, 1.807) is 11.3 Å². The topological polar surface area (TPSA) is 56.1 Å². The quantitative estimate of drug-likeness (QED) is 0.804. The lowest BCUT2D eigenvalue weighted by Crippen LogP contribution is -2.47. The largest absolute Gasteiger partial charge is 0.347 e. The molecule has 0 atom stereocenters. The van der Waals surface area contributed by atoms with Crippen LogP contribution in [0, 0.1) is 6.92 Å². The standard InChI is InChI=1S/C14H17N3O3S/c1-10-11(17-6-9-21-13(17)15-10)12(18)16-4-2-14(3-5-16)19-7-8-20-14/h6,9H,2-5,7-8H2,1H3. The zero-order valence-corrected chi connectivity index (χ0v) is 12.7. The average Bonchev–Trinajstić information content (AvgIpc) is 3.16. The molecule has 0 unspecified atom stereocenters. The van der Waals surface area contributed by atoms with Crippen LogP contribution < -0.4 is 0 Å². The van der Waals surface area contributed by atoms with Crippen molar-refractivity contribution in [2.45, 2.75) is 25.6 Å². The van der Waals surface area contributed by atoms with Crippen LogP contribution >= 0.6 is 11.3 Å². The van der Waals surface area contributed by atoms with Gasteiger partial charge in [-0.1, -0.05) is 0 Å². The molecule has 21 heavy (non-hydrogen) atoms. The van der Waals surface area contributed by atoms with Gasteiger partial charge in [-0.3, -0.25) is 9.20 Å². The van der Waals surface area contributed by atoms with E-state index in [9.17, 15) is 4.79 Å². The van der Waals surface area contributed by atoms with Gasteiger partial charge in [0, 0.05) is 37.5 Å².